The van der Waals surface area contributed by atoms with E-state index in [2.05, 4.69) is 10.1 Å². The van der Waals surface area contributed by atoms with Gasteiger partial charge in [-0.3, -0.25) is 9.69 Å². The largest absolute Gasteiger partial charge is 0.476 e. The van der Waals surface area contributed by atoms with Gasteiger partial charge in [0, 0.05) is 0 Å². The second-order valence-electron chi connectivity index (χ2n) is 4.28. The van der Waals surface area contributed by atoms with Crippen LogP contribution in [-0.4, -0.2) is 53.2 Å². The molecule has 1 saturated heterocycles. The molecule has 1 aromatic heterocycles. The number of aromatic nitrogens is 3. The third-order valence-electron chi connectivity index (χ3n) is 3.11. The highest BCUT2D eigenvalue weighted by Crippen LogP contribution is 2.51. The van der Waals surface area contributed by atoms with E-state index < -0.39 is 23.4 Å². The molecule has 2 aliphatic rings. The van der Waals surface area contributed by atoms with Crippen LogP contribution in [0.2, 0.25) is 0 Å². The SMILES string of the molecule is CC(O)[C@H]1C(=O)N2C(C(=O)O)=C(n3cncn3)S[C@H]12. The summed E-state index contributed by atoms with van der Waals surface area (Å²) >= 11 is 1.20. The molecule has 1 aromatic rings. The molecule has 0 aliphatic carbocycles. The number of β-lactam (4-membered cyclic amide) rings is 1. The van der Waals surface area contributed by atoms with E-state index >= 15 is 0 Å². The first-order valence-corrected chi connectivity index (χ1v) is 6.40. The van der Waals surface area contributed by atoms with Crippen LogP contribution < -0.4 is 0 Å². The minimum Gasteiger partial charge on any atom is -0.476 e. The average molecular weight is 282 g/mol. The quantitative estimate of drug-likeness (QED) is 0.712. The second-order valence-corrected chi connectivity index (χ2v) is 5.39. The lowest BCUT2D eigenvalue weighted by Crippen LogP contribution is -2.60. The van der Waals surface area contributed by atoms with E-state index in [-0.39, 0.29) is 11.6 Å². The fourth-order valence-electron chi connectivity index (χ4n) is 2.24. The van der Waals surface area contributed by atoms with Crippen molar-refractivity contribution in [2.24, 2.45) is 5.92 Å². The van der Waals surface area contributed by atoms with Crippen molar-refractivity contribution in [2.45, 2.75) is 18.4 Å². The van der Waals surface area contributed by atoms with E-state index in [9.17, 15) is 19.8 Å². The minimum atomic E-state index is -1.20. The Morgan fingerprint density at radius 2 is 2.32 bits per heavy atom. The van der Waals surface area contributed by atoms with E-state index in [1.165, 1.54) is 40.9 Å². The summed E-state index contributed by atoms with van der Waals surface area (Å²) in [5.41, 5.74) is -0.109. The fourth-order valence-corrected chi connectivity index (χ4v) is 3.77. The van der Waals surface area contributed by atoms with Gasteiger partial charge in [0.25, 0.3) is 0 Å². The van der Waals surface area contributed by atoms with E-state index in [4.69, 9.17) is 0 Å². The predicted molar refractivity (Wildman–Crippen MR) is 64.3 cm³/mol. The Kier molecular flexibility index (Phi) is 2.61. The van der Waals surface area contributed by atoms with Gasteiger partial charge in [0.2, 0.25) is 5.91 Å². The number of aliphatic carboxylic acids is 1. The maximum absolute atomic E-state index is 11.9. The molecule has 0 spiro atoms. The molecule has 3 heterocycles. The Morgan fingerprint density at radius 1 is 1.58 bits per heavy atom. The van der Waals surface area contributed by atoms with Crippen LogP contribution in [-0.2, 0) is 9.59 Å². The topological polar surface area (TPSA) is 109 Å². The normalized spacial score (nSPS) is 27.3. The van der Waals surface area contributed by atoms with Gasteiger partial charge < -0.3 is 10.2 Å². The molecule has 2 aliphatic heterocycles. The van der Waals surface area contributed by atoms with Gasteiger partial charge in [0.05, 0.1) is 12.0 Å². The predicted octanol–water partition coefficient (Wildman–Crippen LogP) is -0.599. The van der Waals surface area contributed by atoms with Crippen LogP contribution in [0, 0.1) is 5.92 Å². The number of carbonyl (C=O) groups is 2. The lowest BCUT2D eigenvalue weighted by atomic mass is 9.92. The molecular weight excluding hydrogens is 272 g/mol. The standard InChI is InChI=1S/C10H10N4O4S/c1-4(15)5-7(16)14-6(10(17)18)9(19-8(5)14)13-3-11-2-12-13/h2-5,8,15H,1H3,(H,17,18)/t4?,5-,8+/m0/s1. The zero-order valence-electron chi connectivity index (χ0n) is 9.79. The van der Waals surface area contributed by atoms with Crippen molar-refractivity contribution < 1.29 is 19.8 Å². The Morgan fingerprint density at radius 3 is 2.84 bits per heavy atom. The van der Waals surface area contributed by atoms with E-state index in [0.717, 1.165) is 0 Å². The molecule has 1 unspecified atom stereocenters. The smallest absolute Gasteiger partial charge is 0.355 e. The minimum absolute atomic E-state index is 0.109. The third-order valence-corrected chi connectivity index (χ3v) is 4.46. The third kappa shape index (κ3) is 1.58. The number of fused-ring (bicyclic) bond motifs is 1. The number of carboxylic acid groups (broad SMARTS) is 1. The maximum Gasteiger partial charge on any atom is 0.355 e. The highest BCUT2D eigenvalue weighted by atomic mass is 32.2. The van der Waals surface area contributed by atoms with Gasteiger partial charge in [-0.05, 0) is 6.92 Å². The first kappa shape index (κ1) is 12.2. The molecule has 8 nitrogen and oxygen atoms in total. The number of aliphatic hydroxyl groups is 1. The number of hydrogen-bond donors (Lipinski definition) is 2. The number of carbonyl (C=O) groups excluding carboxylic acids is 1. The van der Waals surface area contributed by atoms with Crippen molar-refractivity contribution in [2.75, 3.05) is 0 Å². The summed E-state index contributed by atoms with van der Waals surface area (Å²) in [6.07, 6.45) is 1.85. The van der Waals surface area contributed by atoms with Crippen molar-refractivity contribution in [1.82, 2.24) is 19.7 Å². The molecule has 1 fully saturated rings. The van der Waals surface area contributed by atoms with Crippen LogP contribution in [0.15, 0.2) is 18.4 Å². The molecule has 0 radical (unpaired) electrons. The molecular formula is C10H10N4O4S. The van der Waals surface area contributed by atoms with E-state index in [1.807, 2.05) is 0 Å². The fraction of sp³-hybridized carbons (Fsp3) is 0.400. The van der Waals surface area contributed by atoms with Crippen molar-refractivity contribution in [1.29, 1.82) is 0 Å². The zero-order chi connectivity index (χ0) is 13.7. The number of carboxylic acids is 1. The van der Waals surface area contributed by atoms with Crippen LogP contribution in [0.1, 0.15) is 6.92 Å². The Balaban J connectivity index is 2.01. The second kappa shape index (κ2) is 4.07. The van der Waals surface area contributed by atoms with Crippen LogP contribution in [0.3, 0.4) is 0 Å². The van der Waals surface area contributed by atoms with Gasteiger partial charge in [-0.2, -0.15) is 5.10 Å². The summed E-state index contributed by atoms with van der Waals surface area (Å²) in [7, 11) is 0. The molecule has 0 bridgehead atoms. The molecule has 9 heteroatoms. The summed E-state index contributed by atoms with van der Waals surface area (Å²) < 4.78 is 1.32. The van der Waals surface area contributed by atoms with E-state index in [0.29, 0.717) is 5.03 Å². The number of amides is 1. The molecule has 0 aromatic carbocycles. The van der Waals surface area contributed by atoms with Crippen LogP contribution >= 0.6 is 11.8 Å². The van der Waals surface area contributed by atoms with Gasteiger partial charge in [-0.15, -0.1) is 0 Å². The van der Waals surface area contributed by atoms with Crippen molar-refractivity contribution in [3.8, 4) is 0 Å². The van der Waals surface area contributed by atoms with Crippen LogP contribution in [0.25, 0.3) is 5.03 Å². The Hall–Kier alpha value is -1.87. The van der Waals surface area contributed by atoms with Crippen molar-refractivity contribution >= 4 is 28.7 Å². The number of rotatable bonds is 3. The van der Waals surface area contributed by atoms with Crippen LogP contribution in [0.5, 0.6) is 0 Å². The average Bonchev–Trinajstić information content (AvgIpc) is 2.92. The summed E-state index contributed by atoms with van der Waals surface area (Å²) in [6, 6.07) is 0. The number of thioether (sulfide) groups is 1. The molecule has 0 saturated carbocycles. The molecule has 100 valence electrons. The lowest BCUT2D eigenvalue weighted by molar-refractivity contribution is -0.156. The van der Waals surface area contributed by atoms with Gasteiger partial charge in [0.15, 0.2) is 5.70 Å². The lowest BCUT2D eigenvalue weighted by Gasteiger charge is -2.43. The van der Waals surface area contributed by atoms with Crippen LogP contribution in [0.4, 0.5) is 0 Å². The van der Waals surface area contributed by atoms with E-state index in [1.54, 1.807) is 0 Å². The van der Waals surface area contributed by atoms with Gasteiger partial charge >= 0.3 is 5.97 Å². The van der Waals surface area contributed by atoms with Gasteiger partial charge in [-0.1, -0.05) is 11.8 Å². The number of aliphatic hydroxyl groups excluding tert-OH is 1. The molecule has 19 heavy (non-hydrogen) atoms. The highest BCUT2D eigenvalue weighted by molar-refractivity contribution is 8.08. The maximum atomic E-state index is 11.9. The first-order valence-electron chi connectivity index (χ1n) is 5.52. The first-order chi connectivity index (χ1) is 9.02. The Bertz CT molecular complexity index is 582. The van der Waals surface area contributed by atoms with Gasteiger partial charge in [-0.25, -0.2) is 14.5 Å². The number of nitrogens with zero attached hydrogens (tertiary/aromatic N) is 4. The monoisotopic (exact) mass is 282 g/mol. The van der Waals surface area contributed by atoms with Crippen molar-refractivity contribution in [3.05, 3.63) is 18.4 Å². The summed E-state index contributed by atoms with van der Waals surface area (Å²) in [6.45, 7) is 1.52. The molecule has 2 N–H and O–H groups in total. The summed E-state index contributed by atoms with van der Waals surface area (Å²) in [5, 5.41) is 22.7. The summed E-state index contributed by atoms with van der Waals surface area (Å²) in [4.78, 5) is 28.2. The van der Waals surface area contributed by atoms with Crippen molar-refractivity contribution in [3.63, 3.8) is 0 Å². The Labute approximate surface area is 111 Å². The molecule has 3 atom stereocenters. The highest BCUT2D eigenvalue weighted by Gasteiger charge is 2.58. The van der Waals surface area contributed by atoms with Gasteiger partial charge in [0.1, 0.15) is 23.1 Å². The summed E-state index contributed by atoms with van der Waals surface area (Å²) in [5.74, 6) is -2.15. The number of hydrogen-bond acceptors (Lipinski definition) is 6. The molecule has 3 rings (SSSR count). The molecule has 1 amide bonds. The zero-order valence-corrected chi connectivity index (χ0v) is 10.6.